The summed E-state index contributed by atoms with van der Waals surface area (Å²) in [5, 5.41) is 9.10. The summed E-state index contributed by atoms with van der Waals surface area (Å²) < 4.78 is 5.48. The molecule has 88 valence electrons. The van der Waals surface area contributed by atoms with Crippen LogP contribution in [0.5, 0.6) is 5.75 Å². The molecule has 0 aliphatic rings. The molecule has 0 spiro atoms. The van der Waals surface area contributed by atoms with E-state index in [-0.39, 0.29) is 10.6 Å². The SMILES string of the molecule is CCC(C)COc1ccc(Cl)c(C(=O)O)c1. The molecule has 0 aliphatic heterocycles. The van der Waals surface area contributed by atoms with Crippen LogP contribution in [0, 0.1) is 5.92 Å². The van der Waals surface area contributed by atoms with Gasteiger partial charge in [0.15, 0.2) is 0 Å². The van der Waals surface area contributed by atoms with E-state index < -0.39 is 5.97 Å². The summed E-state index contributed by atoms with van der Waals surface area (Å²) in [5.74, 6) is -0.0509. The highest BCUT2D eigenvalue weighted by Crippen LogP contribution is 2.22. The number of hydrogen-bond acceptors (Lipinski definition) is 2. The van der Waals surface area contributed by atoms with E-state index in [1.807, 2.05) is 0 Å². The first-order valence-electron chi connectivity index (χ1n) is 5.20. The van der Waals surface area contributed by atoms with Crippen molar-refractivity contribution in [2.75, 3.05) is 6.61 Å². The second kappa shape index (κ2) is 5.75. The van der Waals surface area contributed by atoms with Gasteiger partial charge in [-0.3, -0.25) is 0 Å². The van der Waals surface area contributed by atoms with Gasteiger partial charge < -0.3 is 9.84 Å². The monoisotopic (exact) mass is 242 g/mol. The molecule has 0 amide bonds. The number of rotatable bonds is 5. The van der Waals surface area contributed by atoms with Gasteiger partial charge in [-0.15, -0.1) is 0 Å². The lowest BCUT2D eigenvalue weighted by Crippen LogP contribution is -2.08. The Morgan fingerprint density at radius 3 is 2.81 bits per heavy atom. The number of benzene rings is 1. The van der Waals surface area contributed by atoms with Gasteiger partial charge in [0.25, 0.3) is 0 Å². The van der Waals surface area contributed by atoms with Crippen molar-refractivity contribution in [2.24, 2.45) is 5.92 Å². The lowest BCUT2D eigenvalue weighted by atomic mass is 10.1. The average molecular weight is 243 g/mol. The molecular formula is C12H15ClO3. The molecule has 1 aromatic carbocycles. The normalized spacial score (nSPS) is 12.2. The molecule has 1 aromatic rings. The summed E-state index contributed by atoms with van der Waals surface area (Å²) in [6.07, 6.45) is 1.03. The highest BCUT2D eigenvalue weighted by atomic mass is 35.5. The van der Waals surface area contributed by atoms with Crippen molar-refractivity contribution in [3.05, 3.63) is 28.8 Å². The number of halogens is 1. The number of aromatic carboxylic acids is 1. The zero-order valence-electron chi connectivity index (χ0n) is 9.37. The van der Waals surface area contributed by atoms with Crippen LogP contribution in [0.3, 0.4) is 0 Å². The largest absolute Gasteiger partial charge is 0.493 e. The van der Waals surface area contributed by atoms with E-state index in [4.69, 9.17) is 21.4 Å². The highest BCUT2D eigenvalue weighted by Gasteiger charge is 2.10. The molecule has 0 fully saturated rings. The summed E-state index contributed by atoms with van der Waals surface area (Å²) in [6, 6.07) is 4.67. The Kier molecular flexibility index (Phi) is 4.62. The fourth-order valence-electron chi connectivity index (χ4n) is 1.11. The van der Waals surface area contributed by atoms with E-state index >= 15 is 0 Å². The molecule has 4 heteroatoms. The van der Waals surface area contributed by atoms with Crippen LogP contribution in [-0.2, 0) is 0 Å². The minimum absolute atomic E-state index is 0.0725. The van der Waals surface area contributed by atoms with Gasteiger partial charge >= 0.3 is 5.97 Å². The Morgan fingerprint density at radius 2 is 2.25 bits per heavy atom. The second-order valence-corrected chi connectivity index (χ2v) is 4.18. The van der Waals surface area contributed by atoms with Crippen LogP contribution in [0.4, 0.5) is 0 Å². The van der Waals surface area contributed by atoms with Gasteiger partial charge in [-0.1, -0.05) is 31.9 Å². The third-order valence-corrected chi connectivity index (χ3v) is 2.73. The van der Waals surface area contributed by atoms with Gasteiger partial charge in [-0.2, -0.15) is 0 Å². The van der Waals surface area contributed by atoms with Crippen LogP contribution in [0.25, 0.3) is 0 Å². The molecule has 0 radical (unpaired) electrons. The van der Waals surface area contributed by atoms with Crippen molar-refractivity contribution in [3.8, 4) is 5.75 Å². The maximum atomic E-state index is 10.8. The molecule has 0 saturated carbocycles. The Balaban J connectivity index is 2.75. The minimum Gasteiger partial charge on any atom is -0.493 e. The van der Waals surface area contributed by atoms with Gasteiger partial charge in [0.1, 0.15) is 5.75 Å². The number of carbonyl (C=O) groups is 1. The molecule has 3 nitrogen and oxygen atoms in total. The van der Waals surface area contributed by atoms with Crippen LogP contribution >= 0.6 is 11.6 Å². The van der Waals surface area contributed by atoms with E-state index in [2.05, 4.69) is 13.8 Å². The third-order valence-electron chi connectivity index (χ3n) is 2.40. The molecular weight excluding hydrogens is 228 g/mol. The smallest absolute Gasteiger partial charge is 0.337 e. The van der Waals surface area contributed by atoms with Gasteiger partial charge in [0.05, 0.1) is 17.2 Å². The van der Waals surface area contributed by atoms with Crippen molar-refractivity contribution in [1.29, 1.82) is 0 Å². The lowest BCUT2D eigenvalue weighted by molar-refractivity contribution is 0.0696. The maximum Gasteiger partial charge on any atom is 0.337 e. The number of ether oxygens (including phenoxy) is 1. The zero-order valence-corrected chi connectivity index (χ0v) is 10.1. The van der Waals surface area contributed by atoms with Crippen molar-refractivity contribution in [1.82, 2.24) is 0 Å². The highest BCUT2D eigenvalue weighted by molar-refractivity contribution is 6.33. The van der Waals surface area contributed by atoms with Crippen molar-refractivity contribution in [2.45, 2.75) is 20.3 Å². The van der Waals surface area contributed by atoms with E-state index in [0.717, 1.165) is 6.42 Å². The Morgan fingerprint density at radius 1 is 1.56 bits per heavy atom. The van der Waals surface area contributed by atoms with Crippen LogP contribution in [0.1, 0.15) is 30.6 Å². The third kappa shape index (κ3) is 3.42. The van der Waals surface area contributed by atoms with Crippen molar-refractivity contribution < 1.29 is 14.6 Å². The van der Waals surface area contributed by atoms with Gasteiger partial charge in [0.2, 0.25) is 0 Å². The molecule has 0 heterocycles. The Labute approximate surface area is 100.0 Å². The number of carboxylic acid groups (broad SMARTS) is 1. The van der Waals surface area contributed by atoms with Crippen LogP contribution in [-0.4, -0.2) is 17.7 Å². The molecule has 1 atom stereocenters. The van der Waals surface area contributed by atoms with Gasteiger partial charge in [-0.05, 0) is 24.1 Å². The molecule has 1 unspecified atom stereocenters. The van der Waals surface area contributed by atoms with Crippen LogP contribution in [0.2, 0.25) is 5.02 Å². The topological polar surface area (TPSA) is 46.5 Å². The zero-order chi connectivity index (χ0) is 12.1. The first-order chi connectivity index (χ1) is 7.54. The molecule has 0 bridgehead atoms. The Bertz CT molecular complexity index is 377. The van der Waals surface area contributed by atoms with Crippen LogP contribution < -0.4 is 4.74 Å². The first kappa shape index (κ1) is 12.8. The number of carboxylic acids is 1. The van der Waals surface area contributed by atoms with E-state index in [1.165, 1.54) is 12.1 Å². The molecule has 0 aromatic heterocycles. The van der Waals surface area contributed by atoms with Crippen LogP contribution in [0.15, 0.2) is 18.2 Å². The summed E-state index contributed by atoms with van der Waals surface area (Å²) in [5.41, 5.74) is 0.0725. The maximum absolute atomic E-state index is 10.8. The summed E-state index contributed by atoms with van der Waals surface area (Å²) >= 11 is 5.74. The average Bonchev–Trinajstić information content (AvgIpc) is 2.27. The quantitative estimate of drug-likeness (QED) is 0.860. The molecule has 16 heavy (non-hydrogen) atoms. The van der Waals surface area contributed by atoms with E-state index in [1.54, 1.807) is 6.07 Å². The lowest BCUT2D eigenvalue weighted by Gasteiger charge is -2.11. The summed E-state index contributed by atoms with van der Waals surface area (Å²) in [7, 11) is 0. The standard InChI is InChI=1S/C12H15ClO3/c1-3-8(2)7-16-9-4-5-11(13)10(6-9)12(14)15/h4-6,8H,3,7H2,1-2H3,(H,14,15). The second-order valence-electron chi connectivity index (χ2n) is 3.77. The van der Waals surface area contributed by atoms with Gasteiger partial charge in [-0.25, -0.2) is 4.79 Å². The number of hydrogen-bond donors (Lipinski definition) is 1. The molecule has 1 N–H and O–H groups in total. The van der Waals surface area contributed by atoms with Gasteiger partial charge in [0, 0.05) is 0 Å². The van der Waals surface area contributed by atoms with E-state index in [0.29, 0.717) is 18.3 Å². The molecule has 1 rings (SSSR count). The molecule has 0 saturated heterocycles. The first-order valence-corrected chi connectivity index (χ1v) is 5.58. The minimum atomic E-state index is -1.04. The molecule has 0 aliphatic carbocycles. The fraction of sp³-hybridized carbons (Fsp3) is 0.417. The fourth-order valence-corrected chi connectivity index (χ4v) is 1.31. The summed E-state index contributed by atoms with van der Waals surface area (Å²) in [4.78, 5) is 10.8. The Hall–Kier alpha value is -1.22. The van der Waals surface area contributed by atoms with Crippen molar-refractivity contribution >= 4 is 17.6 Å². The van der Waals surface area contributed by atoms with Crippen molar-refractivity contribution in [3.63, 3.8) is 0 Å². The summed E-state index contributed by atoms with van der Waals surface area (Å²) in [6.45, 7) is 4.74. The van der Waals surface area contributed by atoms with E-state index in [9.17, 15) is 4.79 Å². The predicted molar refractivity (Wildman–Crippen MR) is 63.4 cm³/mol. The predicted octanol–water partition coefficient (Wildman–Crippen LogP) is 3.46.